The summed E-state index contributed by atoms with van der Waals surface area (Å²) in [5.74, 6) is -0.374. The minimum atomic E-state index is -0.374. The monoisotopic (exact) mass is 405 g/mol. The van der Waals surface area contributed by atoms with Crippen LogP contribution in [0.4, 0.5) is 0 Å². The Kier molecular flexibility index (Phi) is 5.18. The Bertz CT molecular complexity index is 1350. The number of fused-ring (bicyclic) bond motifs is 2. The molecule has 154 valence electrons. The Hall–Kier alpha value is -3.75. The Morgan fingerprint density at radius 2 is 2.07 bits per heavy atom. The summed E-state index contributed by atoms with van der Waals surface area (Å²) in [6.45, 7) is 5.28. The molecule has 2 N–H and O–H groups in total. The summed E-state index contributed by atoms with van der Waals surface area (Å²) in [7, 11) is 0. The minimum absolute atomic E-state index is 0.0453. The number of imidazole rings is 1. The van der Waals surface area contributed by atoms with Crippen molar-refractivity contribution in [2.24, 2.45) is 0 Å². The van der Waals surface area contributed by atoms with Crippen molar-refractivity contribution in [1.29, 1.82) is 5.41 Å². The van der Waals surface area contributed by atoms with Crippen molar-refractivity contribution in [2.75, 3.05) is 6.54 Å². The number of amides is 1. The highest BCUT2D eigenvalue weighted by Crippen LogP contribution is 2.13. The van der Waals surface area contributed by atoms with E-state index < -0.39 is 0 Å². The molecule has 0 aliphatic heterocycles. The van der Waals surface area contributed by atoms with Crippen molar-refractivity contribution in [3.63, 3.8) is 0 Å². The molecule has 30 heavy (non-hydrogen) atoms. The molecule has 0 atom stereocenters. The smallest absolute Gasteiger partial charge is 0.267 e. The van der Waals surface area contributed by atoms with Crippen molar-refractivity contribution >= 4 is 22.6 Å². The summed E-state index contributed by atoms with van der Waals surface area (Å²) in [4.78, 5) is 34.5. The maximum atomic E-state index is 13.2. The van der Waals surface area contributed by atoms with Crippen molar-refractivity contribution in [1.82, 2.24) is 28.8 Å². The van der Waals surface area contributed by atoms with Gasteiger partial charge in [0.1, 0.15) is 16.8 Å². The van der Waals surface area contributed by atoms with E-state index in [9.17, 15) is 9.59 Å². The van der Waals surface area contributed by atoms with Gasteiger partial charge in [0.25, 0.3) is 11.5 Å². The lowest BCUT2D eigenvalue weighted by Gasteiger charge is -2.15. The second-order valence-corrected chi connectivity index (χ2v) is 7.11. The highest BCUT2D eigenvalue weighted by atomic mass is 16.1. The second-order valence-electron chi connectivity index (χ2n) is 7.11. The van der Waals surface area contributed by atoms with Gasteiger partial charge in [0.15, 0.2) is 0 Å². The lowest BCUT2D eigenvalue weighted by molar-refractivity contribution is 0.0953. The highest BCUT2D eigenvalue weighted by Gasteiger charge is 2.17. The van der Waals surface area contributed by atoms with Crippen LogP contribution < -0.4 is 16.4 Å². The number of aryl methyl sites for hydroxylation is 3. The third kappa shape index (κ3) is 3.38. The van der Waals surface area contributed by atoms with Crippen LogP contribution in [0, 0.1) is 12.3 Å². The molecule has 0 spiro atoms. The molecule has 0 saturated heterocycles. The van der Waals surface area contributed by atoms with Gasteiger partial charge >= 0.3 is 0 Å². The Balaban J connectivity index is 1.92. The number of nitrogens with zero attached hydrogens (tertiary/aromatic N) is 5. The molecule has 4 aromatic heterocycles. The summed E-state index contributed by atoms with van der Waals surface area (Å²) in [5.41, 5.74) is 1.78. The SMILES string of the molecule is CCNC(=O)c1cc2c(=O)n3cccc(C)c3nc2n(CCCn2ccnc2)c1=N. The molecule has 0 aliphatic carbocycles. The lowest BCUT2D eigenvalue weighted by Crippen LogP contribution is -2.35. The first-order valence-corrected chi connectivity index (χ1v) is 9.85. The predicted molar refractivity (Wildman–Crippen MR) is 112 cm³/mol. The van der Waals surface area contributed by atoms with Crippen molar-refractivity contribution in [3.8, 4) is 0 Å². The minimum Gasteiger partial charge on any atom is -0.352 e. The van der Waals surface area contributed by atoms with Crippen LogP contribution in [-0.2, 0) is 13.1 Å². The Labute approximate surface area is 172 Å². The summed E-state index contributed by atoms with van der Waals surface area (Å²) in [6, 6.07) is 5.17. The van der Waals surface area contributed by atoms with E-state index in [1.54, 1.807) is 29.4 Å². The van der Waals surface area contributed by atoms with Crippen LogP contribution in [0.2, 0.25) is 0 Å². The molecule has 0 fully saturated rings. The zero-order valence-corrected chi connectivity index (χ0v) is 16.9. The zero-order valence-electron chi connectivity index (χ0n) is 16.9. The largest absolute Gasteiger partial charge is 0.352 e. The molecule has 0 bridgehead atoms. The number of hydrogen-bond donors (Lipinski definition) is 2. The van der Waals surface area contributed by atoms with Crippen LogP contribution in [0.5, 0.6) is 0 Å². The molecule has 0 radical (unpaired) electrons. The highest BCUT2D eigenvalue weighted by molar-refractivity contribution is 5.96. The van der Waals surface area contributed by atoms with Crippen LogP contribution in [0.25, 0.3) is 16.7 Å². The molecule has 4 heterocycles. The van der Waals surface area contributed by atoms with E-state index in [4.69, 9.17) is 10.4 Å². The van der Waals surface area contributed by atoms with Gasteiger partial charge in [0, 0.05) is 38.2 Å². The second kappa shape index (κ2) is 7.94. The number of rotatable bonds is 6. The first kappa shape index (κ1) is 19.6. The zero-order chi connectivity index (χ0) is 21.3. The molecule has 9 heteroatoms. The summed E-state index contributed by atoms with van der Waals surface area (Å²) >= 11 is 0. The van der Waals surface area contributed by atoms with Crippen LogP contribution in [0.3, 0.4) is 0 Å². The fourth-order valence-corrected chi connectivity index (χ4v) is 3.57. The van der Waals surface area contributed by atoms with Gasteiger partial charge in [-0.15, -0.1) is 0 Å². The lowest BCUT2D eigenvalue weighted by atomic mass is 10.2. The van der Waals surface area contributed by atoms with Gasteiger partial charge in [-0.2, -0.15) is 0 Å². The molecule has 0 unspecified atom stereocenters. The van der Waals surface area contributed by atoms with Gasteiger partial charge in [-0.3, -0.25) is 19.4 Å². The van der Waals surface area contributed by atoms with Crippen LogP contribution in [-0.4, -0.2) is 36.0 Å². The molecule has 4 aromatic rings. The fraction of sp³-hybridized carbons (Fsp3) is 0.286. The van der Waals surface area contributed by atoms with E-state index in [2.05, 4.69) is 10.3 Å². The van der Waals surface area contributed by atoms with E-state index in [-0.39, 0.29) is 22.5 Å². The number of aromatic nitrogens is 5. The number of carbonyl (C=O) groups excluding carboxylic acids is 1. The number of hydrogen-bond acceptors (Lipinski definition) is 5. The molecule has 0 aromatic carbocycles. The molecule has 9 nitrogen and oxygen atoms in total. The van der Waals surface area contributed by atoms with Crippen LogP contribution >= 0.6 is 0 Å². The standard InChI is InChI=1S/C21H23N7O2/c1-3-24-20(29)15-12-16-19(25-18-14(2)6-4-9-28(18)21(16)30)27(17(15)22)10-5-8-26-11-7-23-13-26/h4,6-7,9,11-13,22H,3,5,8,10H2,1-2H3,(H,24,29). The van der Waals surface area contributed by atoms with Gasteiger partial charge < -0.3 is 14.5 Å². The third-order valence-corrected chi connectivity index (χ3v) is 5.07. The molecule has 0 aliphatic rings. The van der Waals surface area contributed by atoms with Crippen molar-refractivity contribution in [3.05, 3.63) is 70.1 Å². The summed E-state index contributed by atoms with van der Waals surface area (Å²) in [6.07, 6.45) is 7.68. The van der Waals surface area contributed by atoms with Gasteiger partial charge in [-0.25, -0.2) is 9.97 Å². The molecule has 4 rings (SSSR count). The van der Waals surface area contributed by atoms with Gasteiger partial charge in [-0.1, -0.05) is 6.07 Å². The van der Waals surface area contributed by atoms with Gasteiger partial charge in [0.2, 0.25) is 0 Å². The topological polar surface area (TPSA) is 110 Å². The van der Waals surface area contributed by atoms with E-state index in [0.29, 0.717) is 42.7 Å². The molecule has 1 amide bonds. The van der Waals surface area contributed by atoms with E-state index in [0.717, 1.165) is 5.56 Å². The first-order chi connectivity index (χ1) is 14.5. The van der Waals surface area contributed by atoms with E-state index >= 15 is 0 Å². The van der Waals surface area contributed by atoms with Crippen LogP contribution in [0.15, 0.2) is 47.9 Å². The normalized spacial score (nSPS) is 11.3. The fourth-order valence-electron chi connectivity index (χ4n) is 3.57. The summed E-state index contributed by atoms with van der Waals surface area (Å²) < 4.78 is 5.09. The van der Waals surface area contributed by atoms with Crippen molar-refractivity contribution in [2.45, 2.75) is 33.4 Å². The molecular weight excluding hydrogens is 382 g/mol. The maximum absolute atomic E-state index is 13.2. The molecule has 0 saturated carbocycles. The van der Waals surface area contributed by atoms with Crippen molar-refractivity contribution < 1.29 is 4.79 Å². The van der Waals surface area contributed by atoms with Gasteiger partial charge in [-0.05, 0) is 38.0 Å². The first-order valence-electron chi connectivity index (χ1n) is 9.85. The Morgan fingerprint density at radius 3 is 2.80 bits per heavy atom. The van der Waals surface area contributed by atoms with E-state index in [1.165, 1.54) is 10.5 Å². The van der Waals surface area contributed by atoms with E-state index in [1.807, 2.05) is 30.7 Å². The Morgan fingerprint density at radius 1 is 1.23 bits per heavy atom. The average molecular weight is 405 g/mol. The summed E-state index contributed by atoms with van der Waals surface area (Å²) in [5, 5.41) is 11.7. The van der Waals surface area contributed by atoms with Crippen LogP contribution in [0.1, 0.15) is 29.3 Å². The quantitative estimate of drug-likeness (QED) is 0.473. The number of carbonyl (C=O) groups is 1. The van der Waals surface area contributed by atoms with Gasteiger partial charge in [0.05, 0.1) is 17.3 Å². The average Bonchev–Trinajstić information content (AvgIpc) is 3.24. The predicted octanol–water partition coefficient (Wildman–Crippen LogP) is 1.47. The number of nitrogens with one attached hydrogen (secondary N) is 2. The maximum Gasteiger partial charge on any atom is 0.267 e. The molecular formula is C21H23N7O2. The third-order valence-electron chi connectivity index (χ3n) is 5.07. The number of pyridine rings is 2.